The Labute approximate surface area is 174 Å². The van der Waals surface area contributed by atoms with E-state index >= 15 is 0 Å². The van der Waals surface area contributed by atoms with Crippen LogP contribution in [0.25, 0.3) is 0 Å². The maximum Gasteiger partial charge on any atom is 0.306 e. The molecule has 2 N–H and O–H groups in total. The van der Waals surface area contributed by atoms with Crippen LogP contribution in [0.3, 0.4) is 0 Å². The highest BCUT2D eigenvalue weighted by Gasteiger charge is 2.12. The Morgan fingerprint density at radius 3 is 2.33 bits per heavy atom. The molecule has 0 aliphatic heterocycles. The summed E-state index contributed by atoms with van der Waals surface area (Å²) in [6.07, 6.45) is -0.286. The summed E-state index contributed by atoms with van der Waals surface area (Å²) in [5.41, 5.74) is 0.938. The van der Waals surface area contributed by atoms with E-state index in [1.165, 1.54) is 6.07 Å². The number of benzene rings is 2. The average molecular weight is 474 g/mol. The lowest BCUT2D eigenvalue weighted by Crippen LogP contribution is -2.21. The van der Waals surface area contributed by atoms with Crippen molar-refractivity contribution in [3.05, 3.63) is 57.0 Å². The molecule has 9 heteroatoms. The van der Waals surface area contributed by atoms with Gasteiger partial charge in [-0.15, -0.1) is 0 Å². The van der Waals surface area contributed by atoms with E-state index in [-0.39, 0.29) is 12.8 Å². The quantitative estimate of drug-likeness (QED) is 0.573. The van der Waals surface area contributed by atoms with Crippen LogP contribution in [0.1, 0.15) is 12.8 Å². The third kappa shape index (κ3) is 7.58. The van der Waals surface area contributed by atoms with Gasteiger partial charge in [0.15, 0.2) is 6.61 Å². The van der Waals surface area contributed by atoms with Gasteiger partial charge in [0.1, 0.15) is 0 Å². The van der Waals surface area contributed by atoms with E-state index < -0.39 is 24.4 Å². The van der Waals surface area contributed by atoms with Crippen molar-refractivity contribution >= 4 is 68.3 Å². The standard InChI is InChI=1S/C18H15BrCl2N2O4/c19-11-1-4-13(5-2-11)22-17(25)10-27-18(26)8-7-16(24)23-15-9-12(20)3-6-14(15)21/h1-6,9H,7-8,10H2,(H,22,25)(H,23,24). The van der Waals surface area contributed by atoms with Crippen molar-refractivity contribution in [1.29, 1.82) is 0 Å². The van der Waals surface area contributed by atoms with Crippen LogP contribution in [-0.2, 0) is 19.1 Å². The number of rotatable bonds is 7. The van der Waals surface area contributed by atoms with E-state index in [1.54, 1.807) is 36.4 Å². The van der Waals surface area contributed by atoms with Crippen LogP contribution in [0.5, 0.6) is 0 Å². The third-order valence-corrected chi connectivity index (χ3v) is 4.34. The lowest BCUT2D eigenvalue weighted by atomic mass is 10.2. The Balaban J connectivity index is 1.70. The molecule has 0 spiro atoms. The predicted octanol–water partition coefficient (Wildman–Crippen LogP) is 4.66. The van der Waals surface area contributed by atoms with Crippen molar-refractivity contribution in [3.8, 4) is 0 Å². The van der Waals surface area contributed by atoms with Gasteiger partial charge >= 0.3 is 5.97 Å². The van der Waals surface area contributed by atoms with E-state index in [4.69, 9.17) is 27.9 Å². The Bertz CT molecular complexity index is 844. The average Bonchev–Trinajstić information content (AvgIpc) is 2.63. The molecular formula is C18H15BrCl2N2O4. The number of esters is 1. The molecule has 142 valence electrons. The summed E-state index contributed by atoms with van der Waals surface area (Å²) in [7, 11) is 0. The molecule has 0 fully saturated rings. The fourth-order valence-corrected chi connectivity index (χ4v) is 2.57. The van der Waals surface area contributed by atoms with E-state index in [0.29, 0.717) is 21.4 Å². The molecule has 0 bridgehead atoms. The lowest BCUT2D eigenvalue weighted by molar-refractivity contribution is -0.147. The Hall–Kier alpha value is -2.09. The number of halogens is 3. The van der Waals surface area contributed by atoms with Crippen molar-refractivity contribution in [3.63, 3.8) is 0 Å². The SMILES string of the molecule is O=C(COC(=O)CCC(=O)Nc1cc(Cl)ccc1Cl)Nc1ccc(Br)cc1. The van der Waals surface area contributed by atoms with Gasteiger partial charge in [0, 0.05) is 21.6 Å². The summed E-state index contributed by atoms with van der Waals surface area (Å²) < 4.78 is 5.73. The maximum absolute atomic E-state index is 11.9. The van der Waals surface area contributed by atoms with Crippen molar-refractivity contribution in [1.82, 2.24) is 0 Å². The minimum atomic E-state index is -0.659. The summed E-state index contributed by atoms with van der Waals surface area (Å²) in [4.78, 5) is 35.3. The van der Waals surface area contributed by atoms with Crippen LogP contribution in [0, 0.1) is 0 Å². The second kappa shape index (κ2) is 10.3. The second-order valence-electron chi connectivity index (χ2n) is 5.39. The Morgan fingerprint density at radius 2 is 1.63 bits per heavy atom. The zero-order valence-corrected chi connectivity index (χ0v) is 17.0. The van der Waals surface area contributed by atoms with Gasteiger partial charge in [-0.2, -0.15) is 0 Å². The zero-order chi connectivity index (χ0) is 19.8. The Kier molecular flexibility index (Phi) is 8.09. The molecule has 0 aliphatic carbocycles. The molecular weight excluding hydrogens is 459 g/mol. The fraction of sp³-hybridized carbons (Fsp3) is 0.167. The van der Waals surface area contributed by atoms with E-state index in [1.807, 2.05) is 0 Å². The summed E-state index contributed by atoms with van der Waals surface area (Å²) >= 11 is 15.1. The molecule has 0 aliphatic rings. The minimum Gasteiger partial charge on any atom is -0.456 e. The molecule has 0 saturated heterocycles. The van der Waals surface area contributed by atoms with Crippen molar-refractivity contribution in [2.24, 2.45) is 0 Å². The molecule has 0 radical (unpaired) electrons. The van der Waals surface area contributed by atoms with E-state index in [2.05, 4.69) is 26.6 Å². The van der Waals surface area contributed by atoms with Crippen LogP contribution in [0.2, 0.25) is 10.0 Å². The number of hydrogen-bond donors (Lipinski definition) is 2. The third-order valence-electron chi connectivity index (χ3n) is 3.25. The largest absolute Gasteiger partial charge is 0.456 e. The molecule has 2 aromatic carbocycles. The molecule has 2 amide bonds. The van der Waals surface area contributed by atoms with Crippen molar-refractivity contribution < 1.29 is 19.1 Å². The fourth-order valence-electron chi connectivity index (χ4n) is 1.97. The number of amides is 2. The van der Waals surface area contributed by atoms with E-state index in [9.17, 15) is 14.4 Å². The summed E-state index contributed by atoms with van der Waals surface area (Å²) in [6.45, 7) is -0.434. The molecule has 2 rings (SSSR count). The molecule has 2 aromatic rings. The van der Waals surface area contributed by atoms with Gasteiger partial charge in [0.25, 0.3) is 5.91 Å². The van der Waals surface area contributed by atoms with Crippen LogP contribution in [0.15, 0.2) is 46.9 Å². The van der Waals surface area contributed by atoms with Crippen LogP contribution in [-0.4, -0.2) is 24.4 Å². The topological polar surface area (TPSA) is 84.5 Å². The van der Waals surface area contributed by atoms with Gasteiger partial charge in [-0.3, -0.25) is 14.4 Å². The predicted molar refractivity (Wildman–Crippen MR) is 108 cm³/mol. The lowest BCUT2D eigenvalue weighted by Gasteiger charge is -2.08. The Morgan fingerprint density at radius 1 is 0.926 bits per heavy atom. The number of carbonyl (C=O) groups excluding carboxylic acids is 3. The number of anilines is 2. The van der Waals surface area contributed by atoms with Gasteiger partial charge in [-0.1, -0.05) is 39.1 Å². The normalized spacial score (nSPS) is 10.2. The van der Waals surface area contributed by atoms with Crippen LogP contribution in [0.4, 0.5) is 11.4 Å². The highest BCUT2D eigenvalue weighted by Crippen LogP contribution is 2.25. The smallest absolute Gasteiger partial charge is 0.306 e. The van der Waals surface area contributed by atoms with Gasteiger partial charge in [-0.25, -0.2) is 0 Å². The number of hydrogen-bond acceptors (Lipinski definition) is 4. The zero-order valence-electron chi connectivity index (χ0n) is 13.9. The summed E-state index contributed by atoms with van der Waals surface area (Å²) in [5, 5.41) is 5.91. The molecule has 6 nitrogen and oxygen atoms in total. The van der Waals surface area contributed by atoms with Gasteiger partial charge < -0.3 is 15.4 Å². The number of ether oxygens (including phenoxy) is 1. The number of carbonyl (C=O) groups is 3. The second-order valence-corrected chi connectivity index (χ2v) is 7.15. The highest BCUT2D eigenvalue weighted by atomic mass is 79.9. The molecule has 0 heterocycles. The van der Waals surface area contributed by atoms with Gasteiger partial charge in [0.2, 0.25) is 5.91 Å². The first-order valence-corrected chi connectivity index (χ1v) is 9.34. The first-order valence-electron chi connectivity index (χ1n) is 7.79. The summed E-state index contributed by atoms with van der Waals surface area (Å²) in [5.74, 6) is -1.55. The van der Waals surface area contributed by atoms with Crippen LogP contribution < -0.4 is 10.6 Å². The first-order chi connectivity index (χ1) is 12.8. The molecule has 0 atom stereocenters. The number of nitrogens with one attached hydrogen (secondary N) is 2. The minimum absolute atomic E-state index is 0.115. The van der Waals surface area contributed by atoms with E-state index in [0.717, 1.165) is 4.47 Å². The molecule has 0 unspecified atom stereocenters. The van der Waals surface area contributed by atoms with Crippen molar-refractivity contribution in [2.75, 3.05) is 17.2 Å². The van der Waals surface area contributed by atoms with Crippen molar-refractivity contribution in [2.45, 2.75) is 12.8 Å². The van der Waals surface area contributed by atoms with Gasteiger partial charge in [-0.05, 0) is 42.5 Å². The maximum atomic E-state index is 11.9. The van der Waals surface area contributed by atoms with Gasteiger partial charge in [0.05, 0.1) is 17.1 Å². The van der Waals surface area contributed by atoms with Crippen LogP contribution >= 0.6 is 39.1 Å². The summed E-state index contributed by atoms with van der Waals surface area (Å²) in [6, 6.07) is 11.6. The molecule has 0 saturated carbocycles. The highest BCUT2D eigenvalue weighted by molar-refractivity contribution is 9.10. The molecule has 0 aromatic heterocycles. The monoisotopic (exact) mass is 472 g/mol. The molecule has 27 heavy (non-hydrogen) atoms. The first kappa shape index (κ1) is 21.2.